The van der Waals surface area contributed by atoms with Gasteiger partial charge < -0.3 is 0 Å². The molecule has 0 aromatic heterocycles. The average molecular weight is 233 g/mol. The summed E-state index contributed by atoms with van der Waals surface area (Å²) in [6.45, 7) is 3.64. The van der Waals surface area contributed by atoms with Crippen molar-refractivity contribution in [1.82, 2.24) is 4.31 Å². The first-order chi connectivity index (χ1) is 7.04. The lowest BCUT2D eigenvalue weighted by Crippen LogP contribution is -2.32. The van der Waals surface area contributed by atoms with Crippen LogP contribution in [0.1, 0.15) is 45.4 Å². The Hall–Kier alpha value is -0.0900. The smallest absolute Gasteiger partial charge is 0.211 e. The van der Waals surface area contributed by atoms with Crippen molar-refractivity contribution >= 4 is 10.0 Å². The van der Waals surface area contributed by atoms with Crippen molar-refractivity contribution < 1.29 is 8.42 Å². The van der Waals surface area contributed by atoms with Crippen molar-refractivity contribution in [2.24, 2.45) is 5.92 Å². The maximum absolute atomic E-state index is 11.5. The van der Waals surface area contributed by atoms with Crippen LogP contribution in [0.4, 0.5) is 0 Å². The van der Waals surface area contributed by atoms with Crippen LogP contribution in [-0.4, -0.2) is 32.1 Å². The van der Waals surface area contributed by atoms with Crippen LogP contribution in [0.2, 0.25) is 0 Å². The number of hydrogen-bond donors (Lipinski definition) is 0. The van der Waals surface area contributed by atoms with E-state index < -0.39 is 10.0 Å². The maximum atomic E-state index is 11.5. The number of unbranched alkanes of at least 4 members (excludes halogenated alkanes) is 3. The van der Waals surface area contributed by atoms with Crippen molar-refractivity contribution in [3.63, 3.8) is 0 Å². The van der Waals surface area contributed by atoms with Crippen LogP contribution in [0.5, 0.6) is 0 Å². The monoisotopic (exact) mass is 233 g/mol. The van der Waals surface area contributed by atoms with Crippen LogP contribution in [0, 0.1) is 5.92 Å². The molecule has 0 bridgehead atoms. The minimum atomic E-state index is -2.97. The molecule has 90 valence electrons. The lowest BCUT2D eigenvalue weighted by Gasteiger charge is -2.19. The van der Waals surface area contributed by atoms with Crippen molar-refractivity contribution in [3.8, 4) is 0 Å². The summed E-state index contributed by atoms with van der Waals surface area (Å²) in [5.41, 5.74) is 0. The molecule has 0 aromatic carbocycles. The van der Waals surface area contributed by atoms with Gasteiger partial charge in [-0.1, -0.05) is 26.2 Å². The predicted molar refractivity (Wildman–Crippen MR) is 63.3 cm³/mol. The molecular weight excluding hydrogens is 210 g/mol. The minimum absolute atomic E-state index is 0.644. The first-order valence-electron chi connectivity index (χ1n) is 5.99. The second kappa shape index (κ2) is 5.85. The van der Waals surface area contributed by atoms with Crippen molar-refractivity contribution in [2.45, 2.75) is 45.4 Å². The van der Waals surface area contributed by atoms with Crippen molar-refractivity contribution in [2.75, 3.05) is 19.3 Å². The SMILES string of the molecule is CCCCCCN(CC1CC1)S(C)(=O)=O. The predicted octanol–water partition coefficient (Wildman–Crippen LogP) is 2.24. The van der Waals surface area contributed by atoms with Crippen LogP contribution in [-0.2, 0) is 10.0 Å². The highest BCUT2D eigenvalue weighted by Gasteiger charge is 2.27. The van der Waals surface area contributed by atoms with Gasteiger partial charge in [0.2, 0.25) is 10.0 Å². The third kappa shape index (κ3) is 5.52. The van der Waals surface area contributed by atoms with Gasteiger partial charge in [0.15, 0.2) is 0 Å². The molecule has 0 radical (unpaired) electrons. The Morgan fingerprint density at radius 3 is 2.33 bits per heavy atom. The highest BCUT2D eigenvalue weighted by atomic mass is 32.2. The summed E-state index contributed by atoms with van der Waals surface area (Å²) in [5, 5.41) is 0. The zero-order valence-corrected chi connectivity index (χ0v) is 10.7. The summed E-state index contributed by atoms with van der Waals surface area (Å²) in [7, 11) is -2.97. The summed E-state index contributed by atoms with van der Waals surface area (Å²) in [4.78, 5) is 0. The molecule has 1 aliphatic rings. The first-order valence-corrected chi connectivity index (χ1v) is 7.84. The third-order valence-corrected chi connectivity index (χ3v) is 4.16. The Bertz CT molecular complexity index is 270. The van der Waals surface area contributed by atoms with Gasteiger partial charge in [-0.05, 0) is 25.2 Å². The van der Waals surface area contributed by atoms with Gasteiger partial charge in [-0.25, -0.2) is 12.7 Å². The fourth-order valence-electron chi connectivity index (χ4n) is 1.70. The topological polar surface area (TPSA) is 37.4 Å². The maximum Gasteiger partial charge on any atom is 0.211 e. The number of sulfonamides is 1. The van der Waals surface area contributed by atoms with E-state index in [2.05, 4.69) is 6.92 Å². The second-order valence-electron chi connectivity index (χ2n) is 4.63. The fraction of sp³-hybridized carbons (Fsp3) is 1.00. The van der Waals surface area contributed by atoms with Gasteiger partial charge in [-0.3, -0.25) is 0 Å². The van der Waals surface area contributed by atoms with Gasteiger partial charge in [0.05, 0.1) is 6.26 Å². The summed E-state index contributed by atoms with van der Waals surface area (Å²) in [6.07, 6.45) is 8.31. The van der Waals surface area contributed by atoms with E-state index in [0.29, 0.717) is 5.92 Å². The molecule has 15 heavy (non-hydrogen) atoms. The van der Waals surface area contributed by atoms with E-state index in [1.807, 2.05) is 0 Å². The Labute approximate surface area is 93.9 Å². The van der Waals surface area contributed by atoms with Crippen molar-refractivity contribution in [3.05, 3.63) is 0 Å². The zero-order chi connectivity index (χ0) is 11.3. The molecule has 0 amide bonds. The molecule has 1 aliphatic carbocycles. The van der Waals surface area contributed by atoms with Gasteiger partial charge in [0.1, 0.15) is 0 Å². The largest absolute Gasteiger partial charge is 0.213 e. The molecule has 4 heteroatoms. The van der Waals surface area contributed by atoms with Gasteiger partial charge in [-0.15, -0.1) is 0 Å². The Morgan fingerprint density at radius 2 is 1.87 bits per heavy atom. The van der Waals surface area contributed by atoms with E-state index in [4.69, 9.17) is 0 Å². The fourth-order valence-corrected chi connectivity index (χ4v) is 2.64. The third-order valence-electron chi connectivity index (χ3n) is 2.89. The molecule has 0 N–H and O–H groups in total. The molecule has 0 spiro atoms. The molecule has 0 unspecified atom stereocenters. The number of rotatable bonds is 8. The average Bonchev–Trinajstić information content (AvgIpc) is 2.92. The van der Waals surface area contributed by atoms with Gasteiger partial charge in [-0.2, -0.15) is 0 Å². The van der Waals surface area contributed by atoms with Gasteiger partial charge >= 0.3 is 0 Å². The van der Waals surface area contributed by atoms with E-state index in [0.717, 1.165) is 25.9 Å². The summed E-state index contributed by atoms with van der Waals surface area (Å²) in [5.74, 6) is 0.644. The number of hydrogen-bond acceptors (Lipinski definition) is 2. The van der Waals surface area contributed by atoms with E-state index in [1.165, 1.54) is 31.9 Å². The lowest BCUT2D eigenvalue weighted by molar-refractivity contribution is 0.387. The second-order valence-corrected chi connectivity index (χ2v) is 6.61. The van der Waals surface area contributed by atoms with E-state index in [-0.39, 0.29) is 0 Å². The summed E-state index contributed by atoms with van der Waals surface area (Å²) in [6, 6.07) is 0. The van der Waals surface area contributed by atoms with E-state index in [1.54, 1.807) is 4.31 Å². The molecule has 1 saturated carbocycles. The molecule has 0 atom stereocenters. The summed E-state index contributed by atoms with van der Waals surface area (Å²) < 4.78 is 24.6. The minimum Gasteiger partial charge on any atom is -0.213 e. The van der Waals surface area contributed by atoms with Crippen LogP contribution in [0.3, 0.4) is 0 Å². The zero-order valence-electron chi connectivity index (χ0n) is 9.91. The van der Waals surface area contributed by atoms with Gasteiger partial charge in [0, 0.05) is 13.1 Å². The highest BCUT2D eigenvalue weighted by molar-refractivity contribution is 7.88. The Kier molecular flexibility index (Phi) is 5.06. The molecule has 1 rings (SSSR count). The summed E-state index contributed by atoms with van der Waals surface area (Å²) >= 11 is 0. The molecule has 1 fully saturated rings. The van der Waals surface area contributed by atoms with Crippen molar-refractivity contribution in [1.29, 1.82) is 0 Å². The molecule has 3 nitrogen and oxygen atoms in total. The number of nitrogens with zero attached hydrogens (tertiary/aromatic N) is 1. The highest BCUT2D eigenvalue weighted by Crippen LogP contribution is 2.30. The van der Waals surface area contributed by atoms with E-state index in [9.17, 15) is 8.42 Å². The molecule has 0 aliphatic heterocycles. The van der Waals surface area contributed by atoms with E-state index >= 15 is 0 Å². The molecule has 0 heterocycles. The van der Waals surface area contributed by atoms with Crippen LogP contribution < -0.4 is 0 Å². The van der Waals surface area contributed by atoms with Crippen LogP contribution in [0.15, 0.2) is 0 Å². The Morgan fingerprint density at radius 1 is 1.20 bits per heavy atom. The molecule has 0 saturated heterocycles. The van der Waals surface area contributed by atoms with Crippen LogP contribution >= 0.6 is 0 Å². The molecular formula is C11H23NO2S. The lowest BCUT2D eigenvalue weighted by atomic mass is 10.2. The standard InChI is InChI=1S/C11H23NO2S/c1-3-4-5-6-9-12(15(2,13)14)10-11-7-8-11/h11H,3-10H2,1-2H3. The molecule has 0 aromatic rings. The normalized spacial score (nSPS) is 17.3. The van der Waals surface area contributed by atoms with Gasteiger partial charge in [0.25, 0.3) is 0 Å². The first kappa shape index (κ1) is 13.0. The van der Waals surface area contributed by atoms with Crippen LogP contribution in [0.25, 0.3) is 0 Å². The Balaban J connectivity index is 2.28. The quantitative estimate of drug-likeness (QED) is 0.603.